The van der Waals surface area contributed by atoms with Crippen molar-refractivity contribution < 1.29 is 19.4 Å². The van der Waals surface area contributed by atoms with E-state index in [0.29, 0.717) is 24.5 Å². The van der Waals surface area contributed by atoms with E-state index in [4.69, 9.17) is 9.47 Å². The lowest BCUT2D eigenvalue weighted by Gasteiger charge is -2.19. The molecule has 1 aromatic heterocycles. The summed E-state index contributed by atoms with van der Waals surface area (Å²) in [6, 6.07) is 3.30. The van der Waals surface area contributed by atoms with Crippen molar-refractivity contribution in [3.63, 3.8) is 0 Å². The second kappa shape index (κ2) is 4.63. The highest BCUT2D eigenvalue weighted by Crippen LogP contribution is 2.35. The number of H-pyrrole nitrogens is 1. The molecule has 2 N–H and O–H groups in total. The Hall–Kier alpha value is -2.28. The van der Waals surface area contributed by atoms with Gasteiger partial charge in [0.15, 0.2) is 11.5 Å². The van der Waals surface area contributed by atoms with Gasteiger partial charge in [0.2, 0.25) is 6.79 Å². The van der Waals surface area contributed by atoms with Crippen LogP contribution in [0.4, 0.5) is 0 Å². The Balaban J connectivity index is 1.61. The Morgan fingerprint density at radius 1 is 1.43 bits per heavy atom. The van der Waals surface area contributed by atoms with Gasteiger partial charge in [-0.3, -0.25) is 9.69 Å². The highest BCUT2D eigenvalue weighted by Gasteiger charge is 2.31. The number of likely N-dealkylation sites (tertiary alicyclic amines) is 1. The summed E-state index contributed by atoms with van der Waals surface area (Å²) in [7, 11) is 0. The van der Waals surface area contributed by atoms with Crippen LogP contribution in [0.25, 0.3) is 11.0 Å². The van der Waals surface area contributed by atoms with Gasteiger partial charge in [-0.05, 0) is 19.4 Å². The van der Waals surface area contributed by atoms with Crippen molar-refractivity contribution in [2.45, 2.75) is 25.4 Å². The summed E-state index contributed by atoms with van der Waals surface area (Å²) in [5.41, 5.74) is 1.68. The van der Waals surface area contributed by atoms with E-state index in [1.54, 1.807) is 0 Å². The molecule has 0 aliphatic carbocycles. The minimum Gasteiger partial charge on any atom is -0.480 e. The monoisotopic (exact) mass is 289 g/mol. The first-order chi connectivity index (χ1) is 10.2. The van der Waals surface area contributed by atoms with Crippen LogP contribution in [0.1, 0.15) is 18.7 Å². The summed E-state index contributed by atoms with van der Waals surface area (Å²) in [4.78, 5) is 20.9. The third-order valence-electron chi connectivity index (χ3n) is 4.03. The van der Waals surface area contributed by atoms with Crippen molar-refractivity contribution in [1.82, 2.24) is 14.9 Å². The highest BCUT2D eigenvalue weighted by molar-refractivity contribution is 5.80. The number of hydrogen-bond acceptors (Lipinski definition) is 5. The number of nitrogens with zero attached hydrogens (tertiary/aromatic N) is 2. The summed E-state index contributed by atoms with van der Waals surface area (Å²) in [5, 5.41) is 9.21. The molecule has 0 amide bonds. The summed E-state index contributed by atoms with van der Waals surface area (Å²) in [6.07, 6.45) is 1.61. The SMILES string of the molecule is O=C(O)C1CCCN1Cc1nc2cc3c(cc2[nH]1)OCO3. The number of imidazole rings is 1. The van der Waals surface area contributed by atoms with Gasteiger partial charge < -0.3 is 19.6 Å². The quantitative estimate of drug-likeness (QED) is 0.886. The lowest BCUT2D eigenvalue weighted by molar-refractivity contribution is -0.142. The van der Waals surface area contributed by atoms with Crippen molar-refractivity contribution in [3.8, 4) is 11.5 Å². The normalized spacial score (nSPS) is 21.2. The first kappa shape index (κ1) is 12.5. The Morgan fingerprint density at radius 3 is 3.05 bits per heavy atom. The van der Waals surface area contributed by atoms with Gasteiger partial charge in [-0.25, -0.2) is 4.98 Å². The maximum Gasteiger partial charge on any atom is 0.320 e. The zero-order chi connectivity index (χ0) is 14.4. The lowest BCUT2D eigenvalue weighted by Crippen LogP contribution is -2.35. The molecule has 0 spiro atoms. The molecule has 0 saturated carbocycles. The molecule has 3 heterocycles. The van der Waals surface area contributed by atoms with Crippen LogP contribution < -0.4 is 9.47 Å². The minimum atomic E-state index is -0.760. The second-order valence-corrected chi connectivity index (χ2v) is 5.37. The maximum atomic E-state index is 11.2. The number of carboxylic acids is 1. The Bertz CT molecular complexity index is 671. The van der Waals surface area contributed by atoms with Crippen LogP contribution in [0, 0.1) is 0 Å². The van der Waals surface area contributed by atoms with Crippen LogP contribution in [0.2, 0.25) is 0 Å². The molecule has 2 aromatic rings. The van der Waals surface area contributed by atoms with E-state index < -0.39 is 12.0 Å². The molecule has 1 saturated heterocycles. The number of carbonyl (C=O) groups is 1. The van der Waals surface area contributed by atoms with E-state index in [-0.39, 0.29) is 6.79 Å². The van der Waals surface area contributed by atoms with Gasteiger partial charge in [-0.15, -0.1) is 0 Å². The Kier molecular flexibility index (Phi) is 2.75. The molecule has 7 heteroatoms. The van der Waals surface area contributed by atoms with Crippen LogP contribution in [0.15, 0.2) is 12.1 Å². The number of nitrogens with one attached hydrogen (secondary N) is 1. The van der Waals surface area contributed by atoms with Crippen LogP contribution >= 0.6 is 0 Å². The van der Waals surface area contributed by atoms with Crippen LogP contribution in [0.3, 0.4) is 0 Å². The smallest absolute Gasteiger partial charge is 0.320 e. The molecule has 2 aliphatic rings. The average molecular weight is 289 g/mol. The number of rotatable bonds is 3. The molecular weight excluding hydrogens is 274 g/mol. The molecule has 21 heavy (non-hydrogen) atoms. The largest absolute Gasteiger partial charge is 0.480 e. The topological polar surface area (TPSA) is 87.7 Å². The number of ether oxygens (including phenoxy) is 2. The van der Waals surface area contributed by atoms with Crippen molar-refractivity contribution >= 4 is 17.0 Å². The molecule has 0 radical (unpaired) electrons. The summed E-state index contributed by atoms with van der Waals surface area (Å²) >= 11 is 0. The number of benzene rings is 1. The number of carboxylic acid groups (broad SMARTS) is 1. The fraction of sp³-hybridized carbons (Fsp3) is 0.429. The maximum absolute atomic E-state index is 11.2. The summed E-state index contributed by atoms with van der Waals surface area (Å²) < 4.78 is 10.7. The van der Waals surface area contributed by atoms with E-state index in [9.17, 15) is 9.90 Å². The molecule has 7 nitrogen and oxygen atoms in total. The predicted octanol–water partition coefficient (Wildman–Crippen LogP) is 1.34. The van der Waals surface area contributed by atoms with Crippen molar-refractivity contribution in [3.05, 3.63) is 18.0 Å². The van der Waals surface area contributed by atoms with Gasteiger partial charge in [-0.1, -0.05) is 0 Å². The van der Waals surface area contributed by atoms with Gasteiger partial charge in [0.05, 0.1) is 17.6 Å². The molecule has 110 valence electrons. The number of aromatic nitrogens is 2. The summed E-state index contributed by atoms with van der Waals surface area (Å²) in [6.45, 7) is 1.54. The van der Waals surface area contributed by atoms with E-state index in [1.165, 1.54) is 0 Å². The highest BCUT2D eigenvalue weighted by atomic mass is 16.7. The van der Waals surface area contributed by atoms with E-state index in [2.05, 4.69) is 9.97 Å². The molecule has 0 bridgehead atoms. The van der Waals surface area contributed by atoms with Gasteiger partial charge >= 0.3 is 5.97 Å². The van der Waals surface area contributed by atoms with Gasteiger partial charge in [-0.2, -0.15) is 0 Å². The van der Waals surface area contributed by atoms with Crippen LogP contribution in [-0.2, 0) is 11.3 Å². The predicted molar refractivity (Wildman–Crippen MR) is 73.3 cm³/mol. The standard InChI is InChI=1S/C14H15N3O4/c18-14(19)10-2-1-3-17(10)6-13-15-8-4-11-12(21-7-20-11)5-9(8)16-13/h4-5,10H,1-3,6-7H2,(H,15,16)(H,18,19). The first-order valence-electron chi connectivity index (χ1n) is 6.96. The zero-order valence-corrected chi connectivity index (χ0v) is 11.3. The van der Waals surface area contributed by atoms with Crippen molar-refractivity contribution in [2.24, 2.45) is 0 Å². The first-order valence-corrected chi connectivity index (χ1v) is 6.96. The fourth-order valence-electron chi connectivity index (χ4n) is 3.01. The van der Waals surface area contributed by atoms with E-state index in [0.717, 1.165) is 29.8 Å². The Labute approximate surface area is 120 Å². The van der Waals surface area contributed by atoms with E-state index >= 15 is 0 Å². The Morgan fingerprint density at radius 2 is 2.24 bits per heavy atom. The minimum absolute atomic E-state index is 0.239. The second-order valence-electron chi connectivity index (χ2n) is 5.37. The third kappa shape index (κ3) is 2.09. The molecule has 1 atom stereocenters. The van der Waals surface area contributed by atoms with Gasteiger partial charge in [0.1, 0.15) is 11.9 Å². The lowest BCUT2D eigenvalue weighted by atomic mass is 10.2. The number of aromatic amines is 1. The zero-order valence-electron chi connectivity index (χ0n) is 11.3. The van der Waals surface area contributed by atoms with Crippen molar-refractivity contribution in [2.75, 3.05) is 13.3 Å². The van der Waals surface area contributed by atoms with Gasteiger partial charge in [0.25, 0.3) is 0 Å². The molecular formula is C14H15N3O4. The summed E-state index contributed by atoms with van der Waals surface area (Å²) in [5.74, 6) is 1.42. The average Bonchev–Trinajstić information content (AvgIpc) is 3.13. The van der Waals surface area contributed by atoms with Crippen LogP contribution in [-0.4, -0.2) is 45.3 Å². The third-order valence-corrected chi connectivity index (χ3v) is 4.03. The van der Waals surface area contributed by atoms with Crippen molar-refractivity contribution in [1.29, 1.82) is 0 Å². The number of aliphatic carboxylic acids is 1. The molecule has 1 unspecified atom stereocenters. The number of hydrogen-bond donors (Lipinski definition) is 2. The molecule has 2 aliphatic heterocycles. The van der Waals surface area contributed by atoms with Gasteiger partial charge in [0, 0.05) is 12.1 Å². The number of fused-ring (bicyclic) bond motifs is 2. The van der Waals surface area contributed by atoms with E-state index in [1.807, 2.05) is 17.0 Å². The fourth-order valence-corrected chi connectivity index (χ4v) is 3.01. The molecule has 1 aromatic carbocycles. The molecule has 1 fully saturated rings. The molecule has 4 rings (SSSR count). The van der Waals surface area contributed by atoms with Crippen LogP contribution in [0.5, 0.6) is 11.5 Å².